The molecule has 0 saturated carbocycles. The number of hydrogen-bond acceptors (Lipinski definition) is 1. The molecule has 1 aromatic rings. The summed E-state index contributed by atoms with van der Waals surface area (Å²) in [5, 5.41) is 0.776. The number of methoxy groups -OCH3 is 1. The van der Waals surface area contributed by atoms with Crippen LogP contribution >= 0.6 is 11.6 Å². The van der Waals surface area contributed by atoms with Gasteiger partial charge in [0.05, 0.1) is 7.11 Å². The van der Waals surface area contributed by atoms with Gasteiger partial charge in [-0.25, -0.2) is 0 Å². The highest BCUT2D eigenvalue weighted by Crippen LogP contribution is 2.27. The van der Waals surface area contributed by atoms with E-state index in [-0.39, 0.29) is 0 Å². The third kappa shape index (κ3) is 2.42. The first-order valence-electron chi connectivity index (χ1n) is 5.00. The third-order valence-corrected chi connectivity index (χ3v) is 2.78. The molecule has 0 spiro atoms. The summed E-state index contributed by atoms with van der Waals surface area (Å²) < 4.78 is 5.23. The number of benzene rings is 1. The van der Waals surface area contributed by atoms with Gasteiger partial charge >= 0.3 is 0 Å². The highest BCUT2D eigenvalue weighted by molar-refractivity contribution is 6.30. The third-order valence-electron chi connectivity index (χ3n) is 2.53. The number of rotatable bonds is 2. The fourth-order valence-electron chi connectivity index (χ4n) is 1.71. The van der Waals surface area contributed by atoms with E-state index in [0.29, 0.717) is 0 Å². The summed E-state index contributed by atoms with van der Waals surface area (Å²) in [6, 6.07) is 7.94. The molecule has 0 aliphatic heterocycles. The standard InChI is InChI=1S/C13H13ClO/c1-15-13-4-2-3-11(9-13)10-5-7-12(14)8-6-10/h4-9H,2-3H2,1H3. The predicted molar refractivity (Wildman–Crippen MR) is 63.8 cm³/mol. The molecule has 1 aromatic carbocycles. The predicted octanol–water partition coefficient (Wildman–Crippen LogP) is 4.05. The Morgan fingerprint density at radius 1 is 1.20 bits per heavy atom. The number of allylic oxidation sites excluding steroid dienone is 3. The van der Waals surface area contributed by atoms with E-state index in [9.17, 15) is 0 Å². The van der Waals surface area contributed by atoms with Gasteiger partial charge in [-0.3, -0.25) is 0 Å². The van der Waals surface area contributed by atoms with Gasteiger partial charge in [0.15, 0.2) is 0 Å². The molecule has 0 bridgehead atoms. The molecule has 1 aliphatic carbocycles. The van der Waals surface area contributed by atoms with Crippen molar-refractivity contribution in [2.75, 3.05) is 7.11 Å². The summed E-state index contributed by atoms with van der Waals surface area (Å²) in [6.07, 6.45) is 6.30. The van der Waals surface area contributed by atoms with Crippen LogP contribution in [-0.4, -0.2) is 7.11 Å². The molecule has 15 heavy (non-hydrogen) atoms. The Balaban J connectivity index is 2.28. The molecule has 0 amide bonds. The molecule has 0 heterocycles. The van der Waals surface area contributed by atoms with E-state index in [2.05, 4.69) is 12.2 Å². The van der Waals surface area contributed by atoms with E-state index in [1.807, 2.05) is 24.3 Å². The molecule has 0 N–H and O–H groups in total. The Labute approximate surface area is 95.0 Å². The summed E-state index contributed by atoms with van der Waals surface area (Å²) in [4.78, 5) is 0. The quantitative estimate of drug-likeness (QED) is 0.731. The molecular weight excluding hydrogens is 208 g/mol. The Hall–Kier alpha value is -1.21. The fourth-order valence-corrected chi connectivity index (χ4v) is 1.83. The Kier molecular flexibility index (Phi) is 3.12. The molecule has 0 atom stereocenters. The van der Waals surface area contributed by atoms with Gasteiger partial charge in [-0.1, -0.05) is 23.7 Å². The van der Waals surface area contributed by atoms with Crippen molar-refractivity contribution in [1.29, 1.82) is 0 Å². The van der Waals surface area contributed by atoms with E-state index in [1.54, 1.807) is 7.11 Å². The normalized spacial score (nSPS) is 15.6. The molecule has 2 heteroatoms. The molecule has 0 fully saturated rings. The molecule has 0 radical (unpaired) electrons. The van der Waals surface area contributed by atoms with Gasteiger partial charge in [-0.05, 0) is 48.3 Å². The summed E-state index contributed by atoms with van der Waals surface area (Å²) in [5.41, 5.74) is 2.54. The molecule has 0 aromatic heterocycles. The largest absolute Gasteiger partial charge is 0.497 e. The lowest BCUT2D eigenvalue weighted by Gasteiger charge is -2.13. The summed E-state index contributed by atoms with van der Waals surface area (Å²) in [7, 11) is 1.70. The summed E-state index contributed by atoms with van der Waals surface area (Å²) in [5.74, 6) is 0.950. The van der Waals surface area contributed by atoms with Gasteiger partial charge in [-0.15, -0.1) is 0 Å². The van der Waals surface area contributed by atoms with Crippen molar-refractivity contribution in [3.8, 4) is 0 Å². The first-order valence-corrected chi connectivity index (χ1v) is 5.38. The van der Waals surface area contributed by atoms with Crippen molar-refractivity contribution < 1.29 is 4.74 Å². The molecule has 78 valence electrons. The lowest BCUT2D eigenvalue weighted by atomic mass is 9.97. The van der Waals surface area contributed by atoms with Crippen LogP contribution in [0.1, 0.15) is 18.4 Å². The van der Waals surface area contributed by atoms with Crippen molar-refractivity contribution in [3.63, 3.8) is 0 Å². The molecule has 0 saturated heterocycles. The van der Waals surface area contributed by atoms with Gasteiger partial charge < -0.3 is 4.74 Å². The van der Waals surface area contributed by atoms with Crippen LogP contribution in [0, 0.1) is 0 Å². The Morgan fingerprint density at radius 2 is 1.93 bits per heavy atom. The minimum atomic E-state index is 0.776. The lowest BCUT2D eigenvalue weighted by Crippen LogP contribution is -1.94. The van der Waals surface area contributed by atoms with Crippen molar-refractivity contribution >= 4 is 17.2 Å². The monoisotopic (exact) mass is 220 g/mol. The number of halogens is 1. The average Bonchev–Trinajstić information content (AvgIpc) is 2.30. The van der Waals surface area contributed by atoms with E-state index < -0.39 is 0 Å². The second-order valence-corrected chi connectivity index (χ2v) is 3.96. The Bertz CT molecular complexity index is 401. The zero-order valence-electron chi connectivity index (χ0n) is 8.66. The average molecular weight is 221 g/mol. The minimum Gasteiger partial charge on any atom is -0.497 e. The van der Waals surface area contributed by atoms with Gasteiger partial charge in [0.1, 0.15) is 5.76 Å². The van der Waals surface area contributed by atoms with Crippen LogP contribution in [-0.2, 0) is 4.74 Å². The molecule has 1 aliphatic rings. The highest BCUT2D eigenvalue weighted by atomic mass is 35.5. The van der Waals surface area contributed by atoms with Crippen LogP contribution in [0.2, 0.25) is 5.02 Å². The first kappa shape index (κ1) is 10.3. The van der Waals surface area contributed by atoms with E-state index >= 15 is 0 Å². The van der Waals surface area contributed by atoms with E-state index in [4.69, 9.17) is 16.3 Å². The van der Waals surface area contributed by atoms with Crippen molar-refractivity contribution in [3.05, 3.63) is 52.8 Å². The van der Waals surface area contributed by atoms with Gasteiger partial charge in [0.2, 0.25) is 0 Å². The topological polar surface area (TPSA) is 9.23 Å². The van der Waals surface area contributed by atoms with Crippen LogP contribution in [0.15, 0.2) is 42.2 Å². The van der Waals surface area contributed by atoms with Gasteiger partial charge in [-0.2, -0.15) is 0 Å². The molecule has 0 unspecified atom stereocenters. The summed E-state index contributed by atoms with van der Waals surface area (Å²) in [6.45, 7) is 0. The Morgan fingerprint density at radius 3 is 2.60 bits per heavy atom. The SMILES string of the molecule is COC1=CCCC(c2ccc(Cl)cc2)=C1. The zero-order chi connectivity index (χ0) is 10.7. The van der Waals surface area contributed by atoms with Crippen LogP contribution in [0.5, 0.6) is 0 Å². The van der Waals surface area contributed by atoms with Crippen LogP contribution < -0.4 is 0 Å². The molecular formula is C13H13ClO. The van der Waals surface area contributed by atoms with Gasteiger partial charge in [0.25, 0.3) is 0 Å². The van der Waals surface area contributed by atoms with Crippen LogP contribution in [0.3, 0.4) is 0 Å². The first-order chi connectivity index (χ1) is 7.29. The van der Waals surface area contributed by atoms with Crippen LogP contribution in [0.4, 0.5) is 0 Å². The maximum absolute atomic E-state index is 5.85. The van der Waals surface area contributed by atoms with E-state index in [1.165, 1.54) is 11.1 Å². The van der Waals surface area contributed by atoms with Crippen LogP contribution in [0.25, 0.3) is 5.57 Å². The second-order valence-electron chi connectivity index (χ2n) is 3.53. The lowest BCUT2D eigenvalue weighted by molar-refractivity contribution is 0.304. The van der Waals surface area contributed by atoms with Crippen molar-refractivity contribution in [2.45, 2.75) is 12.8 Å². The molecule has 1 nitrogen and oxygen atoms in total. The molecule has 2 rings (SSSR count). The number of ether oxygens (including phenoxy) is 1. The minimum absolute atomic E-state index is 0.776. The number of hydrogen-bond donors (Lipinski definition) is 0. The van der Waals surface area contributed by atoms with Crippen molar-refractivity contribution in [2.24, 2.45) is 0 Å². The fraction of sp³-hybridized carbons (Fsp3) is 0.231. The van der Waals surface area contributed by atoms with Gasteiger partial charge in [0, 0.05) is 5.02 Å². The smallest absolute Gasteiger partial charge is 0.115 e. The maximum atomic E-state index is 5.85. The van der Waals surface area contributed by atoms with E-state index in [0.717, 1.165) is 23.6 Å². The maximum Gasteiger partial charge on any atom is 0.115 e. The zero-order valence-corrected chi connectivity index (χ0v) is 9.42. The van der Waals surface area contributed by atoms with Crippen molar-refractivity contribution in [1.82, 2.24) is 0 Å². The summed E-state index contributed by atoms with van der Waals surface area (Å²) >= 11 is 5.85. The second kappa shape index (κ2) is 4.54. The highest BCUT2D eigenvalue weighted by Gasteiger charge is 2.07.